The van der Waals surface area contributed by atoms with E-state index in [2.05, 4.69) is 18.7 Å². The van der Waals surface area contributed by atoms with Crippen molar-refractivity contribution in [3.63, 3.8) is 0 Å². The van der Waals surface area contributed by atoms with E-state index in [9.17, 15) is 0 Å². The van der Waals surface area contributed by atoms with Gasteiger partial charge in [0.15, 0.2) is 0 Å². The number of anilines is 1. The van der Waals surface area contributed by atoms with Crippen molar-refractivity contribution in [3.8, 4) is 5.75 Å². The van der Waals surface area contributed by atoms with Crippen molar-refractivity contribution in [2.24, 2.45) is 0 Å². The normalized spacial score (nSPS) is 20.7. The molecule has 0 spiro atoms. The molecule has 19 heavy (non-hydrogen) atoms. The molecular weight excluding hydrogens is 240 g/mol. The Morgan fingerprint density at radius 1 is 1.47 bits per heavy atom. The lowest BCUT2D eigenvalue weighted by molar-refractivity contribution is -0.0565. The van der Waals surface area contributed by atoms with E-state index in [0.717, 1.165) is 36.7 Å². The Hall–Kier alpha value is -1.26. The lowest BCUT2D eigenvalue weighted by atomic mass is 10.2. The standard InChI is InChI=1S/C15H24N2O2/c1-11(2)17-6-7-18-14(9-17)10-19-15-5-4-13(16)8-12(15)3/h4-5,8,11,14H,6-7,9-10,16H2,1-3H3. The SMILES string of the molecule is Cc1cc(N)ccc1OCC1CN(C(C)C)CCO1. The van der Waals surface area contributed by atoms with Crippen molar-refractivity contribution < 1.29 is 9.47 Å². The molecule has 1 fully saturated rings. The van der Waals surface area contributed by atoms with E-state index in [1.54, 1.807) is 0 Å². The first-order valence-electron chi connectivity index (χ1n) is 6.91. The van der Waals surface area contributed by atoms with Crippen LogP contribution in [0.15, 0.2) is 18.2 Å². The van der Waals surface area contributed by atoms with Crippen LogP contribution in [0.4, 0.5) is 5.69 Å². The van der Waals surface area contributed by atoms with Crippen LogP contribution in [0.25, 0.3) is 0 Å². The number of aryl methyl sites for hydroxylation is 1. The molecule has 1 heterocycles. The summed E-state index contributed by atoms with van der Waals surface area (Å²) < 4.78 is 11.6. The van der Waals surface area contributed by atoms with Gasteiger partial charge in [0.2, 0.25) is 0 Å². The summed E-state index contributed by atoms with van der Waals surface area (Å²) >= 11 is 0. The third kappa shape index (κ3) is 3.85. The zero-order valence-electron chi connectivity index (χ0n) is 12.1. The highest BCUT2D eigenvalue weighted by molar-refractivity contribution is 5.47. The summed E-state index contributed by atoms with van der Waals surface area (Å²) in [6, 6.07) is 6.28. The minimum Gasteiger partial charge on any atom is -0.491 e. The molecule has 1 atom stereocenters. The Morgan fingerprint density at radius 2 is 2.26 bits per heavy atom. The maximum atomic E-state index is 5.85. The van der Waals surface area contributed by atoms with Gasteiger partial charge >= 0.3 is 0 Å². The molecule has 1 aromatic rings. The third-order valence-electron chi connectivity index (χ3n) is 3.52. The average molecular weight is 264 g/mol. The number of nitrogens with two attached hydrogens (primary N) is 1. The molecule has 0 aliphatic carbocycles. The first kappa shape index (κ1) is 14.2. The van der Waals surface area contributed by atoms with Crippen LogP contribution < -0.4 is 10.5 Å². The van der Waals surface area contributed by atoms with Crippen LogP contribution in [0.5, 0.6) is 5.75 Å². The van der Waals surface area contributed by atoms with Gasteiger partial charge in [-0.2, -0.15) is 0 Å². The second-order valence-corrected chi connectivity index (χ2v) is 5.42. The topological polar surface area (TPSA) is 47.7 Å². The first-order chi connectivity index (χ1) is 9.06. The van der Waals surface area contributed by atoms with Crippen LogP contribution in [0.2, 0.25) is 0 Å². The molecule has 106 valence electrons. The van der Waals surface area contributed by atoms with Gasteiger partial charge in [0.05, 0.1) is 6.61 Å². The lowest BCUT2D eigenvalue weighted by Gasteiger charge is -2.35. The van der Waals surface area contributed by atoms with E-state index >= 15 is 0 Å². The van der Waals surface area contributed by atoms with Gasteiger partial charge in [0.1, 0.15) is 18.5 Å². The van der Waals surface area contributed by atoms with Crippen LogP contribution in [-0.4, -0.2) is 43.3 Å². The van der Waals surface area contributed by atoms with Crippen LogP contribution in [0.1, 0.15) is 19.4 Å². The highest BCUT2D eigenvalue weighted by Gasteiger charge is 2.22. The monoisotopic (exact) mass is 264 g/mol. The second-order valence-electron chi connectivity index (χ2n) is 5.42. The minimum atomic E-state index is 0.146. The van der Waals surface area contributed by atoms with E-state index < -0.39 is 0 Å². The highest BCUT2D eigenvalue weighted by Crippen LogP contribution is 2.21. The van der Waals surface area contributed by atoms with Crippen LogP contribution in [-0.2, 0) is 4.74 Å². The van der Waals surface area contributed by atoms with Gasteiger partial charge in [-0.1, -0.05) is 0 Å². The number of ether oxygens (including phenoxy) is 2. The second kappa shape index (κ2) is 6.26. The van der Waals surface area contributed by atoms with Crippen molar-refractivity contribution in [2.75, 3.05) is 32.0 Å². The summed E-state index contributed by atoms with van der Waals surface area (Å²) in [6.45, 7) is 9.76. The fraction of sp³-hybridized carbons (Fsp3) is 0.600. The smallest absolute Gasteiger partial charge is 0.122 e. The molecule has 1 unspecified atom stereocenters. The number of nitrogens with zero attached hydrogens (tertiary/aromatic N) is 1. The molecule has 0 bridgehead atoms. The fourth-order valence-corrected chi connectivity index (χ4v) is 2.33. The highest BCUT2D eigenvalue weighted by atomic mass is 16.5. The largest absolute Gasteiger partial charge is 0.491 e. The van der Waals surface area contributed by atoms with E-state index in [4.69, 9.17) is 15.2 Å². The van der Waals surface area contributed by atoms with Gasteiger partial charge in [-0.15, -0.1) is 0 Å². The third-order valence-corrected chi connectivity index (χ3v) is 3.52. The molecule has 0 amide bonds. The molecule has 4 heteroatoms. The van der Waals surface area contributed by atoms with Gasteiger partial charge in [-0.05, 0) is 44.5 Å². The quantitative estimate of drug-likeness (QED) is 0.846. The average Bonchev–Trinajstić information content (AvgIpc) is 2.38. The van der Waals surface area contributed by atoms with Gasteiger partial charge in [0.25, 0.3) is 0 Å². The zero-order valence-corrected chi connectivity index (χ0v) is 12.1. The van der Waals surface area contributed by atoms with Crippen molar-refractivity contribution in [2.45, 2.75) is 32.9 Å². The van der Waals surface area contributed by atoms with E-state index in [1.807, 2.05) is 25.1 Å². The number of hydrogen-bond donors (Lipinski definition) is 1. The Bertz CT molecular complexity index is 421. The summed E-state index contributed by atoms with van der Waals surface area (Å²) in [5, 5.41) is 0. The fourth-order valence-electron chi connectivity index (χ4n) is 2.33. The predicted molar refractivity (Wildman–Crippen MR) is 77.5 cm³/mol. The van der Waals surface area contributed by atoms with Crippen LogP contribution in [0, 0.1) is 6.92 Å². The first-order valence-corrected chi connectivity index (χ1v) is 6.91. The maximum Gasteiger partial charge on any atom is 0.122 e. The number of rotatable bonds is 4. The molecule has 0 saturated carbocycles. The summed E-state index contributed by atoms with van der Waals surface area (Å²) in [5.74, 6) is 0.888. The Balaban J connectivity index is 1.88. The molecule has 2 rings (SSSR count). The minimum absolute atomic E-state index is 0.146. The van der Waals surface area contributed by atoms with Crippen LogP contribution in [0.3, 0.4) is 0 Å². The number of nitrogen functional groups attached to an aromatic ring is 1. The van der Waals surface area contributed by atoms with Crippen molar-refractivity contribution in [1.29, 1.82) is 0 Å². The predicted octanol–water partition coefficient (Wildman–Crippen LogP) is 2.07. The number of morpholine rings is 1. The van der Waals surface area contributed by atoms with E-state index in [1.165, 1.54) is 0 Å². The molecule has 1 aliphatic heterocycles. The molecule has 1 aromatic carbocycles. The van der Waals surface area contributed by atoms with Crippen LogP contribution >= 0.6 is 0 Å². The van der Waals surface area contributed by atoms with Gasteiger partial charge in [0, 0.05) is 24.8 Å². The summed E-state index contributed by atoms with van der Waals surface area (Å²) in [6.07, 6.45) is 0.146. The Morgan fingerprint density at radius 3 is 2.95 bits per heavy atom. The van der Waals surface area contributed by atoms with Gasteiger partial charge < -0.3 is 15.2 Å². The Labute approximate surface area is 115 Å². The number of hydrogen-bond acceptors (Lipinski definition) is 4. The number of benzene rings is 1. The van der Waals surface area contributed by atoms with E-state index in [0.29, 0.717) is 12.6 Å². The molecule has 4 nitrogen and oxygen atoms in total. The van der Waals surface area contributed by atoms with Crippen molar-refractivity contribution in [3.05, 3.63) is 23.8 Å². The summed E-state index contributed by atoms with van der Waals surface area (Å²) in [4.78, 5) is 2.42. The zero-order chi connectivity index (χ0) is 13.8. The molecule has 0 aromatic heterocycles. The van der Waals surface area contributed by atoms with Gasteiger partial charge in [-0.25, -0.2) is 0 Å². The Kier molecular flexibility index (Phi) is 4.66. The van der Waals surface area contributed by atoms with Crippen molar-refractivity contribution in [1.82, 2.24) is 4.90 Å². The molecule has 1 saturated heterocycles. The lowest BCUT2D eigenvalue weighted by Crippen LogP contribution is -2.47. The molecular formula is C15H24N2O2. The maximum absolute atomic E-state index is 5.85. The van der Waals surface area contributed by atoms with Gasteiger partial charge in [-0.3, -0.25) is 4.90 Å². The van der Waals surface area contributed by atoms with E-state index in [-0.39, 0.29) is 6.10 Å². The molecule has 0 radical (unpaired) electrons. The van der Waals surface area contributed by atoms with Crippen molar-refractivity contribution >= 4 is 5.69 Å². The molecule has 1 aliphatic rings. The summed E-state index contributed by atoms with van der Waals surface area (Å²) in [7, 11) is 0. The molecule has 2 N–H and O–H groups in total. The summed E-state index contributed by atoms with van der Waals surface area (Å²) in [5.41, 5.74) is 7.57.